The van der Waals surface area contributed by atoms with Crippen LogP contribution < -0.4 is 5.73 Å². The van der Waals surface area contributed by atoms with E-state index < -0.39 is 6.04 Å². The van der Waals surface area contributed by atoms with Gasteiger partial charge in [0, 0.05) is 10.6 Å². The summed E-state index contributed by atoms with van der Waals surface area (Å²) in [4.78, 5) is 0. The van der Waals surface area contributed by atoms with E-state index in [1.807, 2.05) is 19.1 Å². The van der Waals surface area contributed by atoms with Gasteiger partial charge in [-0.2, -0.15) is 0 Å². The first-order valence-electron chi connectivity index (χ1n) is 5.35. The molecule has 88 valence electrons. The molecule has 3 heteroatoms. The molecule has 2 aromatic rings. The Bertz CT molecular complexity index is 522. The van der Waals surface area contributed by atoms with Crippen molar-refractivity contribution in [3.8, 4) is 0 Å². The van der Waals surface area contributed by atoms with Crippen LogP contribution in [-0.2, 0) is 0 Å². The van der Waals surface area contributed by atoms with Crippen LogP contribution in [0.2, 0.25) is 5.02 Å². The average molecular weight is 250 g/mol. The highest BCUT2D eigenvalue weighted by molar-refractivity contribution is 6.30. The molecule has 2 rings (SSSR count). The normalized spacial score (nSPS) is 12.5. The Kier molecular flexibility index (Phi) is 3.46. The van der Waals surface area contributed by atoms with Crippen molar-refractivity contribution in [3.05, 3.63) is 70.0 Å². The van der Waals surface area contributed by atoms with Gasteiger partial charge in [-0.15, -0.1) is 0 Å². The molecule has 0 bridgehead atoms. The maximum absolute atomic E-state index is 13.7. The molecular weight excluding hydrogens is 237 g/mol. The largest absolute Gasteiger partial charge is 0.320 e. The maximum Gasteiger partial charge on any atom is 0.128 e. The first-order chi connectivity index (χ1) is 8.08. The number of benzene rings is 2. The average Bonchev–Trinajstić information content (AvgIpc) is 2.32. The highest BCUT2D eigenvalue weighted by atomic mass is 35.5. The third-order valence-corrected chi connectivity index (χ3v) is 2.97. The Morgan fingerprint density at radius 1 is 1.12 bits per heavy atom. The second kappa shape index (κ2) is 4.86. The zero-order valence-electron chi connectivity index (χ0n) is 9.45. The molecule has 1 unspecified atom stereocenters. The molecule has 1 atom stereocenters. The quantitative estimate of drug-likeness (QED) is 0.860. The van der Waals surface area contributed by atoms with Crippen molar-refractivity contribution < 1.29 is 4.39 Å². The maximum atomic E-state index is 13.7. The lowest BCUT2D eigenvalue weighted by Crippen LogP contribution is -2.13. The van der Waals surface area contributed by atoms with E-state index >= 15 is 0 Å². The second-order valence-electron chi connectivity index (χ2n) is 4.05. The van der Waals surface area contributed by atoms with Gasteiger partial charge in [-0.05, 0) is 30.7 Å². The number of hydrogen-bond donors (Lipinski definition) is 1. The summed E-state index contributed by atoms with van der Waals surface area (Å²) in [6, 6.07) is 11.6. The van der Waals surface area contributed by atoms with Crippen LogP contribution in [0.15, 0.2) is 42.5 Å². The van der Waals surface area contributed by atoms with E-state index in [0.717, 1.165) is 11.1 Å². The number of nitrogens with two attached hydrogens (primary N) is 1. The SMILES string of the molecule is Cc1ccc(F)c(C(N)c2ccc(Cl)cc2)c1. The molecule has 0 amide bonds. The third-order valence-electron chi connectivity index (χ3n) is 2.72. The van der Waals surface area contributed by atoms with Gasteiger partial charge in [-0.3, -0.25) is 0 Å². The predicted octanol–water partition coefficient (Wildman–Crippen LogP) is 3.84. The van der Waals surface area contributed by atoms with Crippen LogP contribution in [-0.4, -0.2) is 0 Å². The molecule has 17 heavy (non-hydrogen) atoms. The summed E-state index contributed by atoms with van der Waals surface area (Å²) < 4.78 is 13.7. The molecule has 2 aromatic carbocycles. The van der Waals surface area contributed by atoms with Gasteiger partial charge in [0.1, 0.15) is 5.82 Å². The van der Waals surface area contributed by atoms with Crippen molar-refractivity contribution in [1.29, 1.82) is 0 Å². The molecule has 1 nitrogen and oxygen atoms in total. The van der Waals surface area contributed by atoms with Gasteiger partial charge >= 0.3 is 0 Å². The Balaban J connectivity index is 2.39. The third kappa shape index (κ3) is 2.65. The lowest BCUT2D eigenvalue weighted by molar-refractivity contribution is 0.599. The minimum absolute atomic E-state index is 0.280. The summed E-state index contributed by atoms with van der Waals surface area (Å²) in [5, 5.41) is 0.644. The summed E-state index contributed by atoms with van der Waals surface area (Å²) in [6.45, 7) is 1.91. The van der Waals surface area contributed by atoms with Gasteiger partial charge in [-0.1, -0.05) is 41.4 Å². The van der Waals surface area contributed by atoms with E-state index in [-0.39, 0.29) is 5.82 Å². The fraction of sp³-hybridized carbons (Fsp3) is 0.143. The van der Waals surface area contributed by atoms with Crippen molar-refractivity contribution in [2.45, 2.75) is 13.0 Å². The van der Waals surface area contributed by atoms with Crippen LogP contribution >= 0.6 is 11.6 Å². The van der Waals surface area contributed by atoms with Crippen LogP contribution in [0, 0.1) is 12.7 Å². The standard InChI is InChI=1S/C14H13ClFN/c1-9-2-7-13(16)12(8-9)14(17)10-3-5-11(15)6-4-10/h2-8,14H,17H2,1H3. The monoisotopic (exact) mass is 249 g/mol. The highest BCUT2D eigenvalue weighted by Crippen LogP contribution is 2.24. The van der Waals surface area contributed by atoms with Crippen molar-refractivity contribution in [2.24, 2.45) is 5.73 Å². The minimum atomic E-state index is -0.466. The number of rotatable bonds is 2. The van der Waals surface area contributed by atoms with E-state index in [1.54, 1.807) is 24.3 Å². The number of aryl methyl sites for hydroxylation is 1. The van der Waals surface area contributed by atoms with E-state index in [2.05, 4.69) is 0 Å². The molecule has 0 aliphatic heterocycles. The Morgan fingerprint density at radius 3 is 2.41 bits per heavy atom. The molecule has 0 fully saturated rings. The van der Waals surface area contributed by atoms with Crippen molar-refractivity contribution in [2.75, 3.05) is 0 Å². The van der Waals surface area contributed by atoms with Crippen LogP contribution in [0.1, 0.15) is 22.7 Å². The molecule has 0 aliphatic rings. The second-order valence-corrected chi connectivity index (χ2v) is 4.49. The van der Waals surface area contributed by atoms with Crippen molar-refractivity contribution in [1.82, 2.24) is 0 Å². The highest BCUT2D eigenvalue weighted by Gasteiger charge is 2.13. The van der Waals surface area contributed by atoms with E-state index in [1.165, 1.54) is 6.07 Å². The summed E-state index contributed by atoms with van der Waals surface area (Å²) in [6.07, 6.45) is 0. The summed E-state index contributed by atoms with van der Waals surface area (Å²) in [5.41, 5.74) is 8.40. The fourth-order valence-electron chi connectivity index (χ4n) is 1.75. The van der Waals surface area contributed by atoms with Gasteiger partial charge < -0.3 is 5.73 Å². The van der Waals surface area contributed by atoms with Gasteiger partial charge in [0.2, 0.25) is 0 Å². The van der Waals surface area contributed by atoms with Crippen LogP contribution in [0.5, 0.6) is 0 Å². The fourth-order valence-corrected chi connectivity index (χ4v) is 1.88. The molecule has 0 spiro atoms. The van der Waals surface area contributed by atoms with Crippen molar-refractivity contribution in [3.63, 3.8) is 0 Å². The lowest BCUT2D eigenvalue weighted by Gasteiger charge is -2.14. The minimum Gasteiger partial charge on any atom is -0.320 e. The summed E-state index contributed by atoms with van der Waals surface area (Å²) >= 11 is 5.80. The van der Waals surface area contributed by atoms with E-state index in [9.17, 15) is 4.39 Å². The Morgan fingerprint density at radius 2 is 1.76 bits per heavy atom. The first kappa shape index (κ1) is 12.1. The van der Waals surface area contributed by atoms with Gasteiger partial charge in [0.05, 0.1) is 6.04 Å². The molecule has 0 radical (unpaired) electrons. The summed E-state index contributed by atoms with van der Waals surface area (Å²) in [5.74, 6) is -0.280. The van der Waals surface area contributed by atoms with Crippen molar-refractivity contribution >= 4 is 11.6 Å². The molecular formula is C14H13ClFN. The van der Waals surface area contributed by atoms with Crippen LogP contribution in [0.4, 0.5) is 4.39 Å². The number of halogens is 2. The number of hydrogen-bond acceptors (Lipinski definition) is 1. The zero-order chi connectivity index (χ0) is 12.4. The van der Waals surface area contributed by atoms with Gasteiger partial charge in [-0.25, -0.2) is 4.39 Å². The topological polar surface area (TPSA) is 26.0 Å². The van der Waals surface area contributed by atoms with Gasteiger partial charge in [0.15, 0.2) is 0 Å². The molecule has 0 aliphatic carbocycles. The van der Waals surface area contributed by atoms with Crippen LogP contribution in [0.3, 0.4) is 0 Å². The molecule has 0 heterocycles. The summed E-state index contributed by atoms with van der Waals surface area (Å²) in [7, 11) is 0. The van der Waals surface area contributed by atoms with Crippen LogP contribution in [0.25, 0.3) is 0 Å². The predicted molar refractivity (Wildman–Crippen MR) is 68.6 cm³/mol. The first-order valence-corrected chi connectivity index (χ1v) is 5.73. The van der Waals surface area contributed by atoms with Gasteiger partial charge in [0.25, 0.3) is 0 Å². The molecule has 2 N–H and O–H groups in total. The Labute approximate surface area is 105 Å². The molecule has 0 saturated heterocycles. The van der Waals surface area contributed by atoms with E-state index in [4.69, 9.17) is 17.3 Å². The lowest BCUT2D eigenvalue weighted by atomic mass is 9.98. The van der Waals surface area contributed by atoms with E-state index in [0.29, 0.717) is 10.6 Å². The zero-order valence-corrected chi connectivity index (χ0v) is 10.2. The molecule has 0 aromatic heterocycles. The smallest absolute Gasteiger partial charge is 0.128 e. The molecule has 0 saturated carbocycles. The Hall–Kier alpha value is -1.38.